The molecule has 7 heteroatoms. The zero-order valence-corrected chi connectivity index (χ0v) is 9.45. The molecule has 1 aromatic carbocycles. The number of nitrogens with one attached hydrogen (secondary N) is 1. The van der Waals surface area contributed by atoms with Gasteiger partial charge in [0.05, 0.1) is 6.61 Å². The largest absolute Gasteiger partial charge is 0.426 e. The fourth-order valence-corrected chi connectivity index (χ4v) is 1.13. The number of amides is 1. The monoisotopic (exact) mass is 263 g/mol. The van der Waals surface area contributed by atoms with Crippen LogP contribution < -0.4 is 5.32 Å². The van der Waals surface area contributed by atoms with Crippen LogP contribution in [0.1, 0.15) is 12.5 Å². The van der Waals surface area contributed by atoms with E-state index in [1.807, 2.05) is 5.32 Å². The average molecular weight is 263 g/mol. The summed E-state index contributed by atoms with van der Waals surface area (Å²) in [5.41, 5.74) is -2.97. The lowest BCUT2D eigenvalue weighted by Crippen LogP contribution is -2.52. The van der Waals surface area contributed by atoms with Crippen molar-refractivity contribution in [3.63, 3.8) is 0 Å². The van der Waals surface area contributed by atoms with Gasteiger partial charge < -0.3 is 15.5 Å². The molecular formula is C11H12F3NO3. The molecule has 1 amide bonds. The van der Waals surface area contributed by atoms with Crippen molar-refractivity contribution in [3.8, 4) is 0 Å². The lowest BCUT2D eigenvalue weighted by Gasteiger charge is -2.24. The third kappa shape index (κ3) is 2.99. The quantitative estimate of drug-likeness (QED) is 0.772. The van der Waals surface area contributed by atoms with Crippen LogP contribution in [0.5, 0.6) is 0 Å². The van der Waals surface area contributed by atoms with Crippen molar-refractivity contribution in [2.24, 2.45) is 0 Å². The van der Waals surface area contributed by atoms with Crippen molar-refractivity contribution in [2.75, 3.05) is 5.32 Å². The number of carbonyl (C=O) groups is 1. The minimum Gasteiger partial charge on any atom is -0.392 e. The molecule has 1 aromatic rings. The molecule has 0 aliphatic rings. The molecule has 18 heavy (non-hydrogen) atoms. The standard InChI is InChI=1S/C11H12F3NO3/c1-10(18,11(12,13)14)9(17)15-8-4-2-3-7(5-8)6-16/h2-5,16,18H,6H2,1H3,(H,15,17). The van der Waals surface area contributed by atoms with Crippen LogP contribution in [-0.2, 0) is 11.4 Å². The highest BCUT2D eigenvalue weighted by Crippen LogP contribution is 2.31. The minimum atomic E-state index is -5.06. The van der Waals surface area contributed by atoms with E-state index in [2.05, 4.69) is 0 Å². The fourth-order valence-electron chi connectivity index (χ4n) is 1.13. The van der Waals surface area contributed by atoms with Gasteiger partial charge in [-0.05, 0) is 24.6 Å². The van der Waals surface area contributed by atoms with Crippen molar-refractivity contribution in [2.45, 2.75) is 25.3 Å². The van der Waals surface area contributed by atoms with Crippen LogP contribution in [0.4, 0.5) is 18.9 Å². The molecule has 0 aliphatic carbocycles. The summed E-state index contributed by atoms with van der Waals surface area (Å²) in [7, 11) is 0. The number of hydrogen-bond donors (Lipinski definition) is 3. The van der Waals surface area contributed by atoms with Crippen molar-refractivity contribution in [3.05, 3.63) is 29.8 Å². The summed E-state index contributed by atoms with van der Waals surface area (Å²) >= 11 is 0. The summed E-state index contributed by atoms with van der Waals surface area (Å²) in [5, 5.41) is 19.9. The summed E-state index contributed by atoms with van der Waals surface area (Å²) in [6, 6.07) is 5.66. The lowest BCUT2D eigenvalue weighted by molar-refractivity contribution is -0.242. The minimum absolute atomic E-state index is 0.0658. The van der Waals surface area contributed by atoms with E-state index in [0.29, 0.717) is 12.5 Å². The Hall–Kier alpha value is -1.60. The molecule has 0 aliphatic heterocycles. The molecule has 0 heterocycles. The molecule has 0 aromatic heterocycles. The summed E-state index contributed by atoms with van der Waals surface area (Å²) < 4.78 is 37.1. The Labute approximate surface area is 101 Å². The van der Waals surface area contributed by atoms with E-state index in [1.165, 1.54) is 24.3 Å². The highest BCUT2D eigenvalue weighted by molar-refractivity contribution is 5.97. The van der Waals surface area contributed by atoms with E-state index in [-0.39, 0.29) is 12.3 Å². The molecule has 0 bridgehead atoms. The van der Waals surface area contributed by atoms with Gasteiger partial charge in [-0.1, -0.05) is 12.1 Å². The van der Waals surface area contributed by atoms with E-state index >= 15 is 0 Å². The van der Waals surface area contributed by atoms with Crippen LogP contribution in [0.25, 0.3) is 0 Å². The molecule has 1 rings (SSSR count). The summed E-state index contributed by atoms with van der Waals surface area (Å²) in [4.78, 5) is 11.3. The third-order valence-electron chi connectivity index (χ3n) is 2.36. The number of aliphatic hydroxyl groups is 2. The van der Waals surface area contributed by atoms with Crippen molar-refractivity contribution >= 4 is 11.6 Å². The second kappa shape index (κ2) is 4.95. The Balaban J connectivity index is 2.88. The first kappa shape index (κ1) is 14.5. The van der Waals surface area contributed by atoms with Gasteiger partial charge in [-0.2, -0.15) is 13.2 Å². The smallest absolute Gasteiger partial charge is 0.392 e. The molecule has 0 saturated carbocycles. The van der Waals surface area contributed by atoms with Gasteiger partial charge in [-0.15, -0.1) is 0 Å². The number of anilines is 1. The Bertz CT molecular complexity index is 443. The van der Waals surface area contributed by atoms with E-state index in [4.69, 9.17) is 10.2 Å². The highest BCUT2D eigenvalue weighted by atomic mass is 19.4. The second-order valence-electron chi connectivity index (χ2n) is 3.88. The van der Waals surface area contributed by atoms with Gasteiger partial charge >= 0.3 is 6.18 Å². The van der Waals surface area contributed by atoms with Gasteiger partial charge in [-0.25, -0.2) is 0 Å². The number of benzene rings is 1. The first-order valence-electron chi connectivity index (χ1n) is 4.99. The molecule has 0 saturated heterocycles. The molecule has 4 nitrogen and oxygen atoms in total. The molecule has 100 valence electrons. The molecular weight excluding hydrogens is 251 g/mol. The molecule has 0 spiro atoms. The third-order valence-corrected chi connectivity index (χ3v) is 2.36. The number of aliphatic hydroxyl groups excluding tert-OH is 1. The maximum absolute atomic E-state index is 12.4. The predicted octanol–water partition coefficient (Wildman–Crippen LogP) is 1.43. The summed E-state index contributed by atoms with van der Waals surface area (Å²) in [5.74, 6) is -1.58. The summed E-state index contributed by atoms with van der Waals surface area (Å²) in [6.07, 6.45) is -5.06. The highest BCUT2D eigenvalue weighted by Gasteiger charge is 2.55. The normalized spacial score (nSPS) is 15.0. The van der Waals surface area contributed by atoms with E-state index in [9.17, 15) is 18.0 Å². The SMILES string of the molecule is CC(O)(C(=O)Nc1cccc(CO)c1)C(F)(F)F. The average Bonchev–Trinajstić information content (AvgIpc) is 2.27. The maximum atomic E-state index is 12.4. The van der Waals surface area contributed by atoms with Crippen LogP contribution in [-0.4, -0.2) is 27.9 Å². The van der Waals surface area contributed by atoms with Crippen LogP contribution in [0.15, 0.2) is 24.3 Å². The Morgan fingerprint density at radius 1 is 1.39 bits per heavy atom. The number of hydrogen-bond acceptors (Lipinski definition) is 3. The van der Waals surface area contributed by atoms with Gasteiger partial charge in [0, 0.05) is 5.69 Å². The van der Waals surface area contributed by atoms with Crippen molar-refractivity contribution in [1.29, 1.82) is 0 Å². The zero-order valence-electron chi connectivity index (χ0n) is 9.45. The van der Waals surface area contributed by atoms with Crippen LogP contribution in [0, 0.1) is 0 Å². The van der Waals surface area contributed by atoms with Gasteiger partial charge in [0.25, 0.3) is 5.91 Å². The Kier molecular flexibility index (Phi) is 3.98. The van der Waals surface area contributed by atoms with Crippen molar-refractivity contribution in [1.82, 2.24) is 0 Å². The number of carbonyl (C=O) groups excluding carboxylic acids is 1. The van der Waals surface area contributed by atoms with Gasteiger partial charge in [0.1, 0.15) is 0 Å². The van der Waals surface area contributed by atoms with Crippen LogP contribution in [0.3, 0.4) is 0 Å². The number of rotatable bonds is 3. The second-order valence-corrected chi connectivity index (χ2v) is 3.88. The van der Waals surface area contributed by atoms with Crippen LogP contribution in [0.2, 0.25) is 0 Å². The number of halogens is 3. The Morgan fingerprint density at radius 3 is 2.50 bits per heavy atom. The van der Waals surface area contributed by atoms with E-state index in [1.54, 1.807) is 0 Å². The van der Waals surface area contributed by atoms with Gasteiger partial charge in [-0.3, -0.25) is 4.79 Å². The van der Waals surface area contributed by atoms with Gasteiger partial charge in [0.15, 0.2) is 0 Å². The molecule has 0 radical (unpaired) electrons. The molecule has 3 N–H and O–H groups in total. The lowest BCUT2D eigenvalue weighted by atomic mass is 10.1. The topological polar surface area (TPSA) is 69.6 Å². The first-order chi connectivity index (χ1) is 8.18. The van der Waals surface area contributed by atoms with E-state index < -0.39 is 17.7 Å². The molecule has 0 fully saturated rings. The van der Waals surface area contributed by atoms with Gasteiger partial charge in [0.2, 0.25) is 5.60 Å². The summed E-state index contributed by atoms with van der Waals surface area (Å²) in [6.45, 7) is 0.0671. The Morgan fingerprint density at radius 2 is 2.00 bits per heavy atom. The number of alkyl halides is 3. The molecule has 1 unspecified atom stereocenters. The van der Waals surface area contributed by atoms with Crippen molar-refractivity contribution < 1.29 is 28.2 Å². The fraction of sp³-hybridized carbons (Fsp3) is 0.364. The first-order valence-corrected chi connectivity index (χ1v) is 4.99. The molecule has 1 atom stereocenters. The van der Waals surface area contributed by atoms with Crippen LogP contribution >= 0.6 is 0 Å². The predicted molar refractivity (Wildman–Crippen MR) is 57.7 cm³/mol. The maximum Gasteiger partial charge on any atom is 0.426 e. The van der Waals surface area contributed by atoms with E-state index in [0.717, 1.165) is 0 Å². The zero-order chi connectivity index (χ0) is 14.0.